The fraction of sp³-hybridized carbons (Fsp3) is 0.556. The number of amides is 1. The molecule has 0 bridgehead atoms. The van der Waals surface area contributed by atoms with Crippen LogP contribution in [-0.4, -0.2) is 33.9 Å². The van der Waals surface area contributed by atoms with E-state index in [1.54, 1.807) is 12.3 Å². The van der Waals surface area contributed by atoms with E-state index in [2.05, 4.69) is 34.0 Å². The third-order valence-corrected chi connectivity index (χ3v) is 5.12. The molecule has 1 aliphatic rings. The van der Waals surface area contributed by atoms with Crippen LogP contribution in [0.15, 0.2) is 12.3 Å². The number of anilines is 2. The van der Waals surface area contributed by atoms with Gasteiger partial charge in [0.1, 0.15) is 5.69 Å². The van der Waals surface area contributed by atoms with Crippen molar-refractivity contribution < 1.29 is 4.79 Å². The van der Waals surface area contributed by atoms with Crippen molar-refractivity contribution in [3.05, 3.63) is 28.5 Å². The highest BCUT2D eigenvalue weighted by molar-refractivity contribution is 7.15. The summed E-state index contributed by atoms with van der Waals surface area (Å²) in [5.41, 5.74) is 1.31. The van der Waals surface area contributed by atoms with Crippen LogP contribution in [0.25, 0.3) is 0 Å². The molecule has 2 aromatic rings. The molecule has 6 nitrogen and oxygen atoms in total. The summed E-state index contributed by atoms with van der Waals surface area (Å²) < 4.78 is 0. The Morgan fingerprint density at radius 2 is 1.92 bits per heavy atom. The molecule has 0 unspecified atom stereocenters. The second kappa shape index (κ2) is 7.91. The molecule has 0 radical (unpaired) electrons. The summed E-state index contributed by atoms with van der Waals surface area (Å²) in [6, 6.07) is 1.79. The Morgan fingerprint density at radius 1 is 1.20 bits per heavy atom. The summed E-state index contributed by atoms with van der Waals surface area (Å²) in [4.78, 5) is 29.4. The Labute approximate surface area is 152 Å². The predicted molar refractivity (Wildman–Crippen MR) is 102 cm³/mol. The minimum Gasteiger partial charge on any atom is -0.341 e. The van der Waals surface area contributed by atoms with E-state index in [0.717, 1.165) is 36.5 Å². The Balaban J connectivity index is 1.87. The van der Waals surface area contributed by atoms with E-state index < -0.39 is 0 Å². The second-order valence-corrected chi connectivity index (χ2v) is 8.00. The van der Waals surface area contributed by atoms with E-state index in [0.29, 0.717) is 16.8 Å². The molecule has 1 amide bonds. The molecule has 7 heteroatoms. The van der Waals surface area contributed by atoms with E-state index in [1.807, 2.05) is 6.92 Å². The van der Waals surface area contributed by atoms with Gasteiger partial charge in [0, 0.05) is 29.9 Å². The van der Waals surface area contributed by atoms with Crippen molar-refractivity contribution in [3.63, 3.8) is 0 Å². The van der Waals surface area contributed by atoms with Crippen molar-refractivity contribution in [1.29, 1.82) is 0 Å². The van der Waals surface area contributed by atoms with Crippen molar-refractivity contribution >= 4 is 28.3 Å². The number of hydrogen-bond acceptors (Lipinski definition) is 6. The number of aryl methyl sites for hydroxylation is 1. The van der Waals surface area contributed by atoms with E-state index >= 15 is 0 Å². The third-order valence-electron chi connectivity index (χ3n) is 4.29. The van der Waals surface area contributed by atoms with E-state index in [9.17, 15) is 4.79 Å². The molecule has 0 aromatic carbocycles. The van der Waals surface area contributed by atoms with Crippen LogP contribution in [0, 0.1) is 6.92 Å². The van der Waals surface area contributed by atoms with Crippen LogP contribution in [0.2, 0.25) is 0 Å². The lowest BCUT2D eigenvalue weighted by Gasteiger charge is -2.22. The SMILES string of the molecule is Cc1cnc(NC(=O)c2cc(C(C)C)nc(N3CCCCCC3)n2)s1. The third kappa shape index (κ3) is 4.54. The fourth-order valence-corrected chi connectivity index (χ4v) is 3.51. The van der Waals surface area contributed by atoms with Gasteiger partial charge in [-0.05, 0) is 31.7 Å². The molecule has 2 aromatic heterocycles. The number of thiazole rings is 1. The largest absolute Gasteiger partial charge is 0.341 e. The molecule has 1 fully saturated rings. The van der Waals surface area contributed by atoms with Crippen LogP contribution in [0.4, 0.5) is 11.1 Å². The average Bonchev–Trinajstić information content (AvgIpc) is 2.85. The summed E-state index contributed by atoms with van der Waals surface area (Å²) in [7, 11) is 0. The average molecular weight is 359 g/mol. The highest BCUT2D eigenvalue weighted by Gasteiger charge is 2.19. The lowest BCUT2D eigenvalue weighted by molar-refractivity contribution is 0.102. The Kier molecular flexibility index (Phi) is 5.63. The molecule has 0 spiro atoms. The summed E-state index contributed by atoms with van der Waals surface area (Å²) in [6.07, 6.45) is 6.54. The van der Waals surface area contributed by atoms with Crippen LogP contribution >= 0.6 is 11.3 Å². The highest BCUT2D eigenvalue weighted by Crippen LogP contribution is 2.22. The van der Waals surface area contributed by atoms with Gasteiger partial charge in [-0.25, -0.2) is 15.0 Å². The van der Waals surface area contributed by atoms with Gasteiger partial charge in [-0.15, -0.1) is 11.3 Å². The number of nitrogens with one attached hydrogen (secondary N) is 1. The molecular formula is C18H25N5OS. The molecule has 1 N–H and O–H groups in total. The second-order valence-electron chi connectivity index (χ2n) is 6.76. The van der Waals surface area contributed by atoms with Gasteiger partial charge in [-0.2, -0.15) is 0 Å². The zero-order valence-corrected chi connectivity index (χ0v) is 15.9. The van der Waals surface area contributed by atoms with Crippen molar-refractivity contribution in [2.75, 3.05) is 23.3 Å². The maximum absolute atomic E-state index is 12.6. The van der Waals surface area contributed by atoms with Gasteiger partial charge >= 0.3 is 0 Å². The zero-order valence-electron chi connectivity index (χ0n) is 15.1. The topological polar surface area (TPSA) is 71.0 Å². The van der Waals surface area contributed by atoms with Crippen LogP contribution in [0.5, 0.6) is 0 Å². The molecule has 0 saturated carbocycles. The van der Waals surface area contributed by atoms with Gasteiger partial charge in [-0.3, -0.25) is 10.1 Å². The van der Waals surface area contributed by atoms with Crippen LogP contribution < -0.4 is 10.2 Å². The van der Waals surface area contributed by atoms with E-state index in [1.165, 1.54) is 24.2 Å². The quantitative estimate of drug-likeness (QED) is 0.893. The number of carbonyl (C=O) groups excluding carboxylic acids is 1. The summed E-state index contributed by atoms with van der Waals surface area (Å²) in [5, 5.41) is 3.45. The normalized spacial score (nSPS) is 15.3. The summed E-state index contributed by atoms with van der Waals surface area (Å²) in [5.74, 6) is 0.686. The fourth-order valence-electron chi connectivity index (χ4n) is 2.85. The Morgan fingerprint density at radius 3 is 2.52 bits per heavy atom. The van der Waals surface area contributed by atoms with Crippen molar-refractivity contribution in [2.24, 2.45) is 0 Å². The predicted octanol–water partition coefficient (Wildman–Crippen LogP) is 4.00. The first-order valence-electron chi connectivity index (χ1n) is 8.90. The van der Waals surface area contributed by atoms with Crippen LogP contribution in [0.1, 0.15) is 66.5 Å². The summed E-state index contributed by atoms with van der Waals surface area (Å²) in [6.45, 7) is 8.04. The van der Waals surface area contributed by atoms with E-state index in [-0.39, 0.29) is 11.8 Å². The van der Waals surface area contributed by atoms with Gasteiger partial charge in [-0.1, -0.05) is 26.7 Å². The van der Waals surface area contributed by atoms with Gasteiger partial charge < -0.3 is 4.90 Å². The molecule has 1 aliphatic heterocycles. The number of hydrogen-bond donors (Lipinski definition) is 1. The first kappa shape index (κ1) is 17.8. The number of carbonyl (C=O) groups is 1. The lowest BCUT2D eigenvalue weighted by Crippen LogP contribution is -2.28. The van der Waals surface area contributed by atoms with Gasteiger partial charge in [0.15, 0.2) is 5.13 Å². The van der Waals surface area contributed by atoms with Crippen LogP contribution in [-0.2, 0) is 0 Å². The zero-order chi connectivity index (χ0) is 17.8. The Hall–Kier alpha value is -2.02. The lowest BCUT2D eigenvalue weighted by atomic mass is 10.1. The first-order valence-corrected chi connectivity index (χ1v) is 9.72. The molecule has 25 heavy (non-hydrogen) atoms. The maximum Gasteiger partial charge on any atom is 0.276 e. The smallest absolute Gasteiger partial charge is 0.276 e. The first-order chi connectivity index (χ1) is 12.0. The highest BCUT2D eigenvalue weighted by atomic mass is 32.1. The molecule has 0 atom stereocenters. The van der Waals surface area contributed by atoms with Gasteiger partial charge in [0.05, 0.1) is 0 Å². The van der Waals surface area contributed by atoms with E-state index in [4.69, 9.17) is 4.98 Å². The number of nitrogens with zero attached hydrogens (tertiary/aromatic N) is 4. The van der Waals surface area contributed by atoms with Crippen molar-refractivity contribution in [1.82, 2.24) is 15.0 Å². The monoisotopic (exact) mass is 359 g/mol. The Bertz CT molecular complexity index is 735. The molecule has 134 valence electrons. The minimum atomic E-state index is -0.227. The molecule has 3 heterocycles. The number of rotatable bonds is 4. The van der Waals surface area contributed by atoms with Crippen LogP contribution in [0.3, 0.4) is 0 Å². The van der Waals surface area contributed by atoms with Crippen molar-refractivity contribution in [3.8, 4) is 0 Å². The standard InChI is InChI=1S/C18H25N5OS/c1-12(2)14-10-15(16(24)22-18-19-11-13(3)25-18)21-17(20-14)23-8-6-4-5-7-9-23/h10-12H,4-9H2,1-3H3,(H,19,22,24). The summed E-state index contributed by atoms with van der Waals surface area (Å²) >= 11 is 1.46. The molecule has 1 saturated heterocycles. The molecule has 0 aliphatic carbocycles. The maximum atomic E-state index is 12.6. The number of aromatic nitrogens is 3. The van der Waals surface area contributed by atoms with Crippen molar-refractivity contribution in [2.45, 2.75) is 52.4 Å². The van der Waals surface area contributed by atoms with Gasteiger partial charge in [0.25, 0.3) is 5.91 Å². The molecule has 3 rings (SSSR count). The molecular weight excluding hydrogens is 334 g/mol. The minimum absolute atomic E-state index is 0.227. The van der Waals surface area contributed by atoms with Gasteiger partial charge in [0.2, 0.25) is 5.95 Å².